The first-order chi connectivity index (χ1) is 11.1. The van der Waals surface area contributed by atoms with Gasteiger partial charge in [-0.15, -0.1) is 0 Å². The first kappa shape index (κ1) is 19.4. The van der Waals surface area contributed by atoms with E-state index in [0.717, 1.165) is 25.7 Å². The minimum Gasteiger partial charge on any atom is -0.480 e. The van der Waals surface area contributed by atoms with Gasteiger partial charge in [-0.05, 0) is 12.8 Å². The predicted molar refractivity (Wildman–Crippen MR) is 81.9 cm³/mol. The maximum Gasteiger partial charge on any atom is 0.322 e. The number of hydrogen-bond donors (Lipinski definition) is 3. The lowest BCUT2D eigenvalue weighted by Crippen LogP contribution is -2.32. The second kappa shape index (κ2) is 11.8. The van der Waals surface area contributed by atoms with Crippen molar-refractivity contribution in [1.29, 1.82) is 0 Å². The molecule has 0 heterocycles. The molecule has 0 bridgehead atoms. The molecule has 0 aromatic rings. The first-order valence-electron chi connectivity index (χ1n) is 8.01. The van der Waals surface area contributed by atoms with Crippen LogP contribution in [0.5, 0.6) is 0 Å². The van der Waals surface area contributed by atoms with Gasteiger partial charge in [0.25, 0.3) is 0 Å². The molecule has 0 aromatic heterocycles. The Morgan fingerprint density at radius 1 is 0.957 bits per heavy atom. The Morgan fingerprint density at radius 2 is 1.61 bits per heavy atom. The fourth-order valence-corrected chi connectivity index (χ4v) is 2.33. The van der Waals surface area contributed by atoms with Gasteiger partial charge in [0.1, 0.15) is 6.54 Å². The first-order valence-corrected chi connectivity index (χ1v) is 8.01. The third kappa shape index (κ3) is 9.85. The monoisotopic (exact) mass is 330 g/mol. The molecule has 8 nitrogen and oxygen atoms in total. The van der Waals surface area contributed by atoms with E-state index in [-0.39, 0.29) is 37.3 Å². The molecule has 0 radical (unpaired) electrons. The highest BCUT2D eigenvalue weighted by molar-refractivity contribution is 5.81. The predicted octanol–water partition coefficient (Wildman–Crippen LogP) is -0.0831. The molecule has 2 amide bonds. The molecule has 1 aliphatic rings. The van der Waals surface area contributed by atoms with Gasteiger partial charge in [0, 0.05) is 18.9 Å². The zero-order chi connectivity index (χ0) is 16.9. The zero-order valence-corrected chi connectivity index (χ0v) is 13.3. The average Bonchev–Trinajstić information content (AvgIpc) is 3.05. The van der Waals surface area contributed by atoms with Crippen molar-refractivity contribution in [2.75, 3.05) is 39.5 Å². The van der Waals surface area contributed by atoms with E-state index in [0.29, 0.717) is 26.4 Å². The Balaban J connectivity index is 1.83. The molecule has 1 fully saturated rings. The van der Waals surface area contributed by atoms with Gasteiger partial charge in [-0.25, -0.2) is 0 Å². The van der Waals surface area contributed by atoms with Crippen LogP contribution in [-0.2, 0) is 23.9 Å². The number of amides is 2. The molecule has 0 saturated heterocycles. The highest BCUT2D eigenvalue weighted by Gasteiger charge is 2.21. The van der Waals surface area contributed by atoms with Crippen LogP contribution in [0.15, 0.2) is 0 Å². The Morgan fingerprint density at radius 3 is 2.26 bits per heavy atom. The summed E-state index contributed by atoms with van der Waals surface area (Å²) in [6, 6.07) is 0. The van der Waals surface area contributed by atoms with Crippen LogP contribution in [-0.4, -0.2) is 62.4 Å². The number of carboxylic acid groups (broad SMARTS) is 1. The summed E-state index contributed by atoms with van der Waals surface area (Å²) in [7, 11) is 0. The number of carbonyl (C=O) groups is 3. The lowest BCUT2D eigenvalue weighted by atomic mass is 10.1. The molecule has 0 spiro atoms. The average molecular weight is 330 g/mol. The molecule has 1 saturated carbocycles. The van der Waals surface area contributed by atoms with Crippen LogP contribution in [0.1, 0.15) is 32.1 Å². The molecule has 132 valence electrons. The van der Waals surface area contributed by atoms with E-state index in [9.17, 15) is 14.4 Å². The molecular formula is C15H26N2O6. The molecule has 1 rings (SSSR count). The molecular weight excluding hydrogens is 304 g/mol. The maximum absolute atomic E-state index is 11.7. The number of nitrogens with one attached hydrogen (secondary N) is 2. The Labute approximate surface area is 135 Å². The minimum atomic E-state index is -1.08. The molecule has 0 atom stereocenters. The standard InChI is InChI=1S/C15H26N2O6/c18-13(17-11-14(19)20)5-7-22-9-10-23-8-6-16-15(21)12-3-1-2-4-12/h12H,1-11H2,(H,16,21)(H,17,18)(H,19,20). The topological polar surface area (TPSA) is 114 Å². The third-order valence-corrected chi connectivity index (χ3v) is 3.55. The van der Waals surface area contributed by atoms with Crippen molar-refractivity contribution in [2.24, 2.45) is 5.92 Å². The van der Waals surface area contributed by atoms with Crippen molar-refractivity contribution in [3.05, 3.63) is 0 Å². The van der Waals surface area contributed by atoms with E-state index in [4.69, 9.17) is 14.6 Å². The van der Waals surface area contributed by atoms with Crippen molar-refractivity contribution >= 4 is 17.8 Å². The molecule has 3 N–H and O–H groups in total. The van der Waals surface area contributed by atoms with Crippen molar-refractivity contribution < 1.29 is 29.0 Å². The molecule has 0 aliphatic heterocycles. The number of ether oxygens (including phenoxy) is 2. The minimum absolute atomic E-state index is 0.116. The van der Waals surface area contributed by atoms with E-state index in [1.807, 2.05) is 0 Å². The van der Waals surface area contributed by atoms with Gasteiger partial charge in [0.05, 0.1) is 26.4 Å². The summed E-state index contributed by atoms with van der Waals surface area (Å²) < 4.78 is 10.5. The van der Waals surface area contributed by atoms with Crippen LogP contribution in [0, 0.1) is 5.92 Å². The van der Waals surface area contributed by atoms with Crippen molar-refractivity contribution in [3.8, 4) is 0 Å². The number of aliphatic carboxylic acids is 1. The Kier molecular flexibility index (Phi) is 9.97. The summed E-state index contributed by atoms with van der Waals surface area (Å²) in [5, 5.41) is 13.5. The summed E-state index contributed by atoms with van der Waals surface area (Å²) in [5.74, 6) is -1.14. The highest BCUT2D eigenvalue weighted by atomic mass is 16.5. The van der Waals surface area contributed by atoms with Crippen LogP contribution >= 0.6 is 0 Å². The fraction of sp³-hybridized carbons (Fsp3) is 0.800. The van der Waals surface area contributed by atoms with Gasteiger partial charge < -0.3 is 25.2 Å². The molecule has 23 heavy (non-hydrogen) atoms. The lowest BCUT2D eigenvalue weighted by molar-refractivity contribution is -0.138. The van der Waals surface area contributed by atoms with Crippen LogP contribution in [0.4, 0.5) is 0 Å². The highest BCUT2D eigenvalue weighted by Crippen LogP contribution is 2.24. The van der Waals surface area contributed by atoms with E-state index in [2.05, 4.69) is 10.6 Å². The van der Waals surface area contributed by atoms with Crippen LogP contribution in [0.3, 0.4) is 0 Å². The molecule has 0 aromatic carbocycles. The van der Waals surface area contributed by atoms with Gasteiger partial charge in [-0.1, -0.05) is 12.8 Å². The van der Waals surface area contributed by atoms with Crippen LogP contribution in [0.25, 0.3) is 0 Å². The van der Waals surface area contributed by atoms with E-state index in [1.54, 1.807) is 0 Å². The Hall–Kier alpha value is -1.67. The molecule has 8 heteroatoms. The smallest absolute Gasteiger partial charge is 0.322 e. The van der Waals surface area contributed by atoms with Crippen LogP contribution in [0.2, 0.25) is 0 Å². The Bertz CT molecular complexity index is 382. The second-order valence-electron chi connectivity index (χ2n) is 5.42. The summed E-state index contributed by atoms with van der Waals surface area (Å²) in [6.45, 7) is 1.49. The lowest BCUT2D eigenvalue weighted by Gasteiger charge is -2.10. The van der Waals surface area contributed by atoms with E-state index in [1.165, 1.54) is 0 Å². The van der Waals surface area contributed by atoms with Crippen molar-refractivity contribution in [2.45, 2.75) is 32.1 Å². The number of hydrogen-bond acceptors (Lipinski definition) is 5. The molecule has 1 aliphatic carbocycles. The SMILES string of the molecule is O=C(O)CNC(=O)CCOCCOCCNC(=O)C1CCCC1. The quantitative estimate of drug-likeness (QED) is 0.431. The fourth-order valence-electron chi connectivity index (χ4n) is 2.33. The number of rotatable bonds is 12. The number of carbonyl (C=O) groups excluding carboxylic acids is 2. The summed E-state index contributed by atoms with van der Waals surface area (Å²) in [6.07, 6.45) is 4.37. The van der Waals surface area contributed by atoms with Crippen molar-refractivity contribution in [3.63, 3.8) is 0 Å². The van der Waals surface area contributed by atoms with Gasteiger partial charge in [0.2, 0.25) is 11.8 Å². The second-order valence-corrected chi connectivity index (χ2v) is 5.42. The third-order valence-electron chi connectivity index (χ3n) is 3.55. The van der Waals surface area contributed by atoms with Gasteiger partial charge >= 0.3 is 5.97 Å². The summed E-state index contributed by atoms with van der Waals surface area (Å²) in [4.78, 5) is 33.1. The largest absolute Gasteiger partial charge is 0.480 e. The number of carboxylic acids is 1. The zero-order valence-electron chi connectivity index (χ0n) is 13.3. The van der Waals surface area contributed by atoms with Crippen LogP contribution < -0.4 is 10.6 Å². The summed E-state index contributed by atoms with van der Waals surface area (Å²) >= 11 is 0. The van der Waals surface area contributed by atoms with E-state index >= 15 is 0 Å². The van der Waals surface area contributed by atoms with Gasteiger partial charge in [-0.2, -0.15) is 0 Å². The summed E-state index contributed by atoms with van der Waals surface area (Å²) in [5.41, 5.74) is 0. The normalized spacial score (nSPS) is 14.6. The van der Waals surface area contributed by atoms with Gasteiger partial charge in [-0.3, -0.25) is 14.4 Å². The maximum atomic E-state index is 11.7. The molecule has 0 unspecified atom stereocenters. The van der Waals surface area contributed by atoms with E-state index < -0.39 is 5.97 Å². The van der Waals surface area contributed by atoms with Crippen molar-refractivity contribution in [1.82, 2.24) is 10.6 Å². The van der Waals surface area contributed by atoms with Gasteiger partial charge in [0.15, 0.2) is 0 Å².